The Bertz CT molecular complexity index is 932. The van der Waals surface area contributed by atoms with Gasteiger partial charge in [0.1, 0.15) is 0 Å². The molecule has 1 fully saturated rings. The van der Waals surface area contributed by atoms with Crippen molar-refractivity contribution in [3.63, 3.8) is 0 Å². The first-order valence-electron chi connectivity index (χ1n) is 9.71. The Balaban J connectivity index is 1.35. The van der Waals surface area contributed by atoms with Gasteiger partial charge in [0.25, 0.3) is 0 Å². The van der Waals surface area contributed by atoms with Gasteiger partial charge in [-0.3, -0.25) is 4.79 Å². The predicted molar refractivity (Wildman–Crippen MR) is 112 cm³/mol. The molecule has 142 valence electrons. The number of carbonyl (C=O) groups excluding carboxylic acids is 1. The van der Waals surface area contributed by atoms with E-state index in [4.69, 9.17) is 0 Å². The number of nitrogens with one attached hydrogen (secondary N) is 1. The normalized spacial score (nSPS) is 14.7. The molecule has 5 nitrogen and oxygen atoms in total. The molecule has 2 heterocycles. The number of carbonyl (C=O) groups is 1. The van der Waals surface area contributed by atoms with Crippen LogP contribution in [0.1, 0.15) is 18.4 Å². The number of hydrogen-bond acceptors (Lipinski definition) is 4. The van der Waals surface area contributed by atoms with E-state index in [1.54, 1.807) is 0 Å². The molecular weight excluding hydrogens is 348 g/mol. The van der Waals surface area contributed by atoms with Gasteiger partial charge in [0, 0.05) is 30.3 Å². The van der Waals surface area contributed by atoms with Crippen molar-refractivity contribution >= 4 is 17.4 Å². The lowest BCUT2D eigenvalue weighted by Crippen LogP contribution is -2.38. The topological polar surface area (TPSA) is 58.1 Å². The zero-order valence-electron chi connectivity index (χ0n) is 16.0. The fourth-order valence-corrected chi connectivity index (χ4v) is 3.58. The zero-order valence-corrected chi connectivity index (χ0v) is 16.0. The van der Waals surface area contributed by atoms with E-state index >= 15 is 0 Å². The van der Waals surface area contributed by atoms with Crippen LogP contribution in [0.2, 0.25) is 0 Å². The van der Waals surface area contributed by atoms with Crippen LogP contribution in [0, 0.1) is 12.8 Å². The molecular formula is C23H24N4O. The second-order valence-corrected chi connectivity index (χ2v) is 7.21. The smallest absolute Gasteiger partial charge is 0.227 e. The van der Waals surface area contributed by atoms with Crippen LogP contribution in [0.4, 0.5) is 11.5 Å². The number of benzene rings is 2. The predicted octanol–water partition coefficient (Wildman–Crippen LogP) is 4.31. The summed E-state index contributed by atoms with van der Waals surface area (Å²) in [4.78, 5) is 14.8. The first-order chi connectivity index (χ1) is 13.7. The van der Waals surface area contributed by atoms with Gasteiger partial charge in [0.2, 0.25) is 5.91 Å². The average Bonchev–Trinajstić information content (AvgIpc) is 2.76. The minimum atomic E-state index is 0.0346. The highest BCUT2D eigenvalue weighted by atomic mass is 16.1. The number of para-hydroxylation sites is 1. The van der Waals surface area contributed by atoms with Crippen LogP contribution in [0.5, 0.6) is 0 Å². The Kier molecular flexibility index (Phi) is 5.33. The fourth-order valence-electron chi connectivity index (χ4n) is 3.58. The molecule has 0 atom stereocenters. The van der Waals surface area contributed by atoms with Crippen molar-refractivity contribution in [3.8, 4) is 11.3 Å². The minimum absolute atomic E-state index is 0.0346. The molecule has 3 aromatic rings. The molecule has 4 rings (SSSR count). The minimum Gasteiger partial charge on any atom is -0.355 e. The zero-order chi connectivity index (χ0) is 19.3. The van der Waals surface area contributed by atoms with Crippen LogP contribution in [0.25, 0.3) is 11.3 Å². The van der Waals surface area contributed by atoms with E-state index in [2.05, 4.69) is 20.4 Å². The van der Waals surface area contributed by atoms with Gasteiger partial charge in [0.05, 0.1) is 5.69 Å². The molecule has 0 unspecified atom stereocenters. The second-order valence-electron chi connectivity index (χ2n) is 7.21. The van der Waals surface area contributed by atoms with Crippen LogP contribution >= 0.6 is 0 Å². The van der Waals surface area contributed by atoms with Gasteiger partial charge in [-0.05, 0) is 43.5 Å². The molecule has 1 aromatic heterocycles. The Hall–Kier alpha value is -3.21. The van der Waals surface area contributed by atoms with Crippen LogP contribution in [0.3, 0.4) is 0 Å². The molecule has 0 radical (unpaired) electrons. The lowest BCUT2D eigenvalue weighted by molar-refractivity contribution is -0.120. The van der Waals surface area contributed by atoms with Gasteiger partial charge in [0.15, 0.2) is 5.82 Å². The third kappa shape index (κ3) is 4.03. The lowest BCUT2D eigenvalue weighted by Gasteiger charge is -2.32. The summed E-state index contributed by atoms with van der Waals surface area (Å²) in [7, 11) is 0. The molecule has 0 saturated carbocycles. The lowest BCUT2D eigenvalue weighted by atomic mass is 9.95. The summed E-state index contributed by atoms with van der Waals surface area (Å²) in [5, 5.41) is 11.9. The highest BCUT2D eigenvalue weighted by molar-refractivity contribution is 5.93. The first kappa shape index (κ1) is 18.2. The van der Waals surface area contributed by atoms with Crippen molar-refractivity contribution < 1.29 is 4.79 Å². The number of rotatable bonds is 4. The number of aryl methyl sites for hydroxylation is 1. The van der Waals surface area contributed by atoms with Crippen LogP contribution in [-0.2, 0) is 4.79 Å². The number of amides is 1. The van der Waals surface area contributed by atoms with Crippen LogP contribution in [-0.4, -0.2) is 29.2 Å². The summed E-state index contributed by atoms with van der Waals surface area (Å²) < 4.78 is 0. The summed E-state index contributed by atoms with van der Waals surface area (Å²) in [6.45, 7) is 3.63. The van der Waals surface area contributed by atoms with Crippen molar-refractivity contribution in [1.82, 2.24) is 10.2 Å². The van der Waals surface area contributed by atoms with Gasteiger partial charge < -0.3 is 10.2 Å². The van der Waals surface area contributed by atoms with Gasteiger partial charge in [-0.1, -0.05) is 48.5 Å². The number of aromatic nitrogens is 2. The third-order valence-electron chi connectivity index (χ3n) is 5.31. The molecule has 0 aliphatic carbocycles. The molecule has 1 aliphatic heterocycles. The number of nitrogens with zero attached hydrogens (tertiary/aromatic N) is 3. The average molecular weight is 372 g/mol. The van der Waals surface area contributed by atoms with Crippen molar-refractivity contribution in [2.24, 2.45) is 5.92 Å². The van der Waals surface area contributed by atoms with E-state index in [1.165, 1.54) is 0 Å². The van der Waals surface area contributed by atoms with Gasteiger partial charge in [-0.2, -0.15) is 0 Å². The van der Waals surface area contributed by atoms with Crippen molar-refractivity contribution in [3.05, 3.63) is 72.3 Å². The second kappa shape index (κ2) is 8.21. The molecule has 5 heteroatoms. The molecule has 1 aliphatic rings. The van der Waals surface area contributed by atoms with E-state index in [-0.39, 0.29) is 11.8 Å². The van der Waals surface area contributed by atoms with E-state index in [0.717, 1.165) is 54.3 Å². The van der Waals surface area contributed by atoms with E-state index in [1.807, 2.05) is 73.7 Å². The first-order valence-corrected chi connectivity index (χ1v) is 9.71. The number of hydrogen-bond donors (Lipinski definition) is 1. The Morgan fingerprint density at radius 3 is 2.32 bits per heavy atom. The molecule has 1 amide bonds. The number of piperidine rings is 1. The standard InChI is InChI=1S/C23H24N4O/c1-17-7-5-6-10-20(17)24-23(28)19-13-15-27(16-14-19)22-12-11-21(25-26-22)18-8-3-2-4-9-18/h2-12,19H,13-16H2,1H3,(H,24,28). The van der Waals surface area contributed by atoms with Crippen molar-refractivity contribution in [1.29, 1.82) is 0 Å². The Labute approximate surface area is 165 Å². The molecule has 2 aromatic carbocycles. The summed E-state index contributed by atoms with van der Waals surface area (Å²) in [5.74, 6) is 1.02. The highest BCUT2D eigenvalue weighted by Crippen LogP contribution is 2.25. The van der Waals surface area contributed by atoms with Gasteiger partial charge in [-0.25, -0.2) is 0 Å². The Morgan fingerprint density at radius 1 is 0.929 bits per heavy atom. The maximum absolute atomic E-state index is 12.6. The molecule has 0 spiro atoms. The molecule has 1 N–H and O–H groups in total. The summed E-state index contributed by atoms with van der Waals surface area (Å²) in [6.07, 6.45) is 1.64. The fraction of sp³-hybridized carbons (Fsp3) is 0.261. The van der Waals surface area contributed by atoms with E-state index in [9.17, 15) is 4.79 Å². The maximum atomic E-state index is 12.6. The van der Waals surface area contributed by atoms with Crippen molar-refractivity contribution in [2.75, 3.05) is 23.3 Å². The summed E-state index contributed by atoms with van der Waals surface area (Å²) in [5.41, 5.74) is 3.92. The van der Waals surface area contributed by atoms with Crippen LogP contribution in [0.15, 0.2) is 66.7 Å². The van der Waals surface area contributed by atoms with E-state index < -0.39 is 0 Å². The van der Waals surface area contributed by atoms with Crippen molar-refractivity contribution in [2.45, 2.75) is 19.8 Å². The quantitative estimate of drug-likeness (QED) is 0.741. The highest BCUT2D eigenvalue weighted by Gasteiger charge is 2.26. The van der Waals surface area contributed by atoms with Crippen LogP contribution < -0.4 is 10.2 Å². The molecule has 28 heavy (non-hydrogen) atoms. The monoisotopic (exact) mass is 372 g/mol. The Morgan fingerprint density at radius 2 is 1.64 bits per heavy atom. The SMILES string of the molecule is Cc1ccccc1NC(=O)C1CCN(c2ccc(-c3ccccc3)nn2)CC1. The van der Waals surface area contributed by atoms with Gasteiger partial charge in [-0.15, -0.1) is 10.2 Å². The summed E-state index contributed by atoms with van der Waals surface area (Å²) >= 11 is 0. The maximum Gasteiger partial charge on any atom is 0.227 e. The van der Waals surface area contributed by atoms with E-state index in [0.29, 0.717) is 0 Å². The number of anilines is 2. The third-order valence-corrected chi connectivity index (χ3v) is 5.31. The summed E-state index contributed by atoms with van der Waals surface area (Å²) in [6, 6.07) is 22.0. The molecule has 0 bridgehead atoms. The molecule has 1 saturated heterocycles. The van der Waals surface area contributed by atoms with Gasteiger partial charge >= 0.3 is 0 Å². The largest absolute Gasteiger partial charge is 0.355 e.